The number of amides is 1. The minimum absolute atomic E-state index is 0.0207. The van der Waals surface area contributed by atoms with Crippen LogP contribution in [0.5, 0.6) is 11.5 Å². The molecule has 1 aliphatic heterocycles. The number of phenols is 1. The van der Waals surface area contributed by atoms with E-state index in [1.165, 1.54) is 30.3 Å². The first-order chi connectivity index (χ1) is 20.2. The van der Waals surface area contributed by atoms with Crippen molar-refractivity contribution in [3.63, 3.8) is 0 Å². The average molecular weight is 594 g/mol. The van der Waals surface area contributed by atoms with Gasteiger partial charge in [-0.15, -0.1) is 11.8 Å². The summed E-state index contributed by atoms with van der Waals surface area (Å²) in [6.45, 7) is 0.625. The Bertz CT molecular complexity index is 1490. The Morgan fingerprint density at radius 3 is 2.38 bits per heavy atom. The monoisotopic (exact) mass is 593 g/mol. The molecule has 0 bridgehead atoms. The number of aliphatic carboxylic acids is 1. The minimum atomic E-state index is -0.781. The van der Waals surface area contributed by atoms with Gasteiger partial charge in [-0.25, -0.2) is 8.78 Å². The van der Waals surface area contributed by atoms with Crippen LogP contribution in [-0.2, 0) is 27.4 Å². The quantitative estimate of drug-likeness (QED) is 0.318. The number of thioether (sulfide) groups is 1. The number of carboxylic acids is 1. The molecule has 0 radical (unpaired) electrons. The van der Waals surface area contributed by atoms with E-state index in [2.05, 4.69) is 0 Å². The van der Waals surface area contributed by atoms with E-state index in [1.54, 1.807) is 23.9 Å². The molecule has 6 nitrogen and oxygen atoms in total. The third kappa shape index (κ3) is 5.46. The van der Waals surface area contributed by atoms with Crippen molar-refractivity contribution >= 4 is 23.6 Å². The predicted octanol–water partition coefficient (Wildman–Crippen LogP) is 6.68. The van der Waals surface area contributed by atoms with Crippen molar-refractivity contribution in [1.29, 1.82) is 0 Å². The van der Waals surface area contributed by atoms with Gasteiger partial charge >= 0.3 is 5.97 Å². The smallest absolute Gasteiger partial charge is 0.306 e. The lowest BCUT2D eigenvalue weighted by molar-refractivity contribution is -0.146. The second kappa shape index (κ2) is 11.6. The van der Waals surface area contributed by atoms with Gasteiger partial charge in [0.2, 0.25) is 5.91 Å². The topological polar surface area (TPSA) is 87.1 Å². The predicted molar refractivity (Wildman–Crippen MR) is 154 cm³/mol. The van der Waals surface area contributed by atoms with Crippen molar-refractivity contribution in [3.05, 3.63) is 89.0 Å². The molecule has 2 unspecified atom stereocenters. The van der Waals surface area contributed by atoms with Crippen molar-refractivity contribution in [2.24, 2.45) is 11.8 Å². The molecule has 2 N–H and O–H groups in total. The summed E-state index contributed by atoms with van der Waals surface area (Å²) in [5.41, 5.74) is 2.59. The van der Waals surface area contributed by atoms with Crippen molar-refractivity contribution in [3.8, 4) is 11.5 Å². The number of phenolic OH excluding ortho intramolecular Hbond substituents is 1. The summed E-state index contributed by atoms with van der Waals surface area (Å²) in [5, 5.41) is 19.5. The van der Waals surface area contributed by atoms with E-state index in [0.717, 1.165) is 35.3 Å². The third-order valence-corrected chi connectivity index (χ3v) is 10.7. The molecule has 6 rings (SSSR count). The first-order valence-corrected chi connectivity index (χ1v) is 15.3. The summed E-state index contributed by atoms with van der Waals surface area (Å²) in [6, 6.07) is 16.1. The van der Waals surface area contributed by atoms with Gasteiger partial charge in [0.15, 0.2) is 0 Å². The SMILES string of the molecule is O=C(O)C1CCC(C(=O)N2CCC3(Sc4ccc(F)cc4)c4ccc(OCc5cc(F)ccc5O)cc4CCC23)CC1. The number of carboxylic acid groups (broad SMARTS) is 1. The molecular formula is C33H33F2NO5S. The van der Waals surface area contributed by atoms with Crippen molar-refractivity contribution < 1.29 is 33.3 Å². The van der Waals surface area contributed by atoms with Crippen LogP contribution < -0.4 is 4.74 Å². The molecule has 1 saturated heterocycles. The largest absolute Gasteiger partial charge is 0.508 e. The number of benzene rings is 3. The zero-order chi connectivity index (χ0) is 29.4. The Hall–Kier alpha value is -3.59. The molecule has 1 amide bonds. The zero-order valence-corrected chi connectivity index (χ0v) is 23.9. The maximum atomic E-state index is 13.9. The van der Waals surface area contributed by atoms with Crippen LogP contribution in [0, 0.1) is 23.5 Å². The van der Waals surface area contributed by atoms with Gasteiger partial charge in [-0.3, -0.25) is 9.59 Å². The first kappa shape index (κ1) is 28.5. The molecule has 9 heteroatoms. The lowest BCUT2D eigenvalue weighted by Crippen LogP contribution is -2.48. The van der Waals surface area contributed by atoms with E-state index < -0.39 is 16.5 Å². The highest BCUT2D eigenvalue weighted by Gasteiger charge is 2.54. The number of likely N-dealkylation sites (tertiary alicyclic amines) is 1. The molecule has 1 saturated carbocycles. The van der Waals surface area contributed by atoms with Crippen LogP contribution in [0.1, 0.15) is 55.2 Å². The van der Waals surface area contributed by atoms with Crippen LogP contribution >= 0.6 is 11.8 Å². The maximum absolute atomic E-state index is 13.9. The fourth-order valence-electron chi connectivity index (χ4n) is 6.94. The number of ether oxygens (including phenoxy) is 1. The molecule has 2 atom stereocenters. The van der Waals surface area contributed by atoms with Crippen molar-refractivity contribution in [1.82, 2.24) is 4.90 Å². The number of carbonyl (C=O) groups excluding carboxylic acids is 1. The van der Waals surface area contributed by atoms with Crippen LogP contribution in [0.15, 0.2) is 65.6 Å². The molecule has 0 aromatic heterocycles. The van der Waals surface area contributed by atoms with Crippen molar-refractivity contribution in [2.75, 3.05) is 6.54 Å². The highest BCUT2D eigenvalue weighted by molar-refractivity contribution is 8.00. The van der Waals surface area contributed by atoms with Gasteiger partial charge in [-0.1, -0.05) is 6.07 Å². The van der Waals surface area contributed by atoms with Gasteiger partial charge < -0.3 is 19.8 Å². The summed E-state index contributed by atoms with van der Waals surface area (Å²) in [6.07, 6.45) is 4.47. The average Bonchev–Trinajstić information content (AvgIpc) is 3.37. The Morgan fingerprint density at radius 2 is 1.64 bits per heavy atom. The Morgan fingerprint density at radius 1 is 0.929 bits per heavy atom. The van der Waals surface area contributed by atoms with Crippen LogP contribution in [-0.4, -0.2) is 39.6 Å². The number of hydrogen-bond donors (Lipinski definition) is 2. The number of nitrogens with zero attached hydrogens (tertiary/aromatic N) is 1. The molecule has 1 heterocycles. The van der Waals surface area contributed by atoms with Crippen LogP contribution in [0.4, 0.5) is 8.78 Å². The molecule has 2 aliphatic carbocycles. The molecule has 42 heavy (non-hydrogen) atoms. The molecule has 3 aliphatic rings. The summed E-state index contributed by atoms with van der Waals surface area (Å²) in [4.78, 5) is 28.3. The van der Waals surface area contributed by atoms with Gasteiger partial charge in [0.1, 0.15) is 29.7 Å². The summed E-state index contributed by atoms with van der Waals surface area (Å²) in [5.74, 6) is -1.37. The lowest BCUT2D eigenvalue weighted by Gasteiger charge is -2.43. The lowest BCUT2D eigenvalue weighted by atomic mass is 9.77. The summed E-state index contributed by atoms with van der Waals surface area (Å²) < 4.78 is 33.0. The standard InChI is InChI=1S/C33H33F2NO5S/c34-24-6-10-27(11-7-24)42-33-15-16-36(31(38)20-1-3-21(4-2-20)32(39)40)30(33)14-5-22-18-26(9-12-28(22)33)41-19-23-17-25(35)8-13-29(23)37/h6-13,17-18,20-21,30,37H,1-5,14-16,19H2,(H,39,40). The first-order valence-electron chi connectivity index (χ1n) is 14.4. The molecule has 3 aromatic carbocycles. The fourth-order valence-corrected chi connectivity index (χ4v) is 8.52. The number of aryl methyl sites for hydroxylation is 1. The van der Waals surface area contributed by atoms with Gasteiger partial charge in [0.05, 0.1) is 16.7 Å². The molecule has 3 aromatic rings. The van der Waals surface area contributed by atoms with E-state index in [9.17, 15) is 28.6 Å². The second-order valence-electron chi connectivity index (χ2n) is 11.5. The highest BCUT2D eigenvalue weighted by atomic mass is 32.2. The number of carbonyl (C=O) groups is 2. The van der Waals surface area contributed by atoms with Crippen LogP contribution in [0.25, 0.3) is 0 Å². The number of fused-ring (bicyclic) bond motifs is 3. The molecule has 220 valence electrons. The van der Waals surface area contributed by atoms with E-state index in [1.807, 2.05) is 23.1 Å². The Balaban J connectivity index is 1.27. The van der Waals surface area contributed by atoms with Crippen LogP contribution in [0.3, 0.4) is 0 Å². The van der Waals surface area contributed by atoms with E-state index in [-0.39, 0.29) is 42.0 Å². The molecule has 0 spiro atoms. The number of aromatic hydroxyl groups is 1. The van der Waals surface area contributed by atoms with Crippen LogP contribution in [0.2, 0.25) is 0 Å². The summed E-state index contributed by atoms with van der Waals surface area (Å²) >= 11 is 1.67. The van der Waals surface area contributed by atoms with Gasteiger partial charge in [0, 0.05) is 22.9 Å². The fraction of sp³-hybridized carbons (Fsp3) is 0.394. The maximum Gasteiger partial charge on any atom is 0.306 e. The van der Waals surface area contributed by atoms with E-state index >= 15 is 0 Å². The van der Waals surface area contributed by atoms with Crippen molar-refractivity contribution in [2.45, 2.75) is 67.2 Å². The number of hydrogen-bond acceptors (Lipinski definition) is 5. The summed E-state index contributed by atoms with van der Waals surface area (Å²) in [7, 11) is 0. The molecule has 2 fully saturated rings. The Kier molecular flexibility index (Phi) is 7.87. The van der Waals surface area contributed by atoms with Gasteiger partial charge in [-0.2, -0.15) is 0 Å². The highest BCUT2D eigenvalue weighted by Crippen LogP contribution is 2.57. The van der Waals surface area contributed by atoms with E-state index in [4.69, 9.17) is 4.74 Å². The van der Waals surface area contributed by atoms with Gasteiger partial charge in [-0.05, 0) is 111 Å². The minimum Gasteiger partial charge on any atom is -0.508 e. The van der Waals surface area contributed by atoms with E-state index in [0.29, 0.717) is 43.5 Å². The second-order valence-corrected chi connectivity index (χ2v) is 13.0. The Labute approximate surface area is 247 Å². The molecular weight excluding hydrogens is 560 g/mol. The van der Waals surface area contributed by atoms with Gasteiger partial charge in [0.25, 0.3) is 0 Å². The number of rotatable bonds is 7. The third-order valence-electron chi connectivity index (χ3n) is 9.12. The zero-order valence-electron chi connectivity index (χ0n) is 23.1. The normalized spacial score (nSPS) is 25.0. The number of halogens is 2.